The molecule has 9 nitrogen and oxygen atoms in total. The van der Waals surface area contributed by atoms with Crippen LogP contribution in [0.1, 0.15) is 11.1 Å². The van der Waals surface area contributed by atoms with Crippen molar-refractivity contribution in [2.75, 3.05) is 13.9 Å². The Morgan fingerprint density at radius 3 is 2.68 bits per heavy atom. The van der Waals surface area contributed by atoms with Crippen LogP contribution in [0.3, 0.4) is 0 Å². The molecule has 11 heteroatoms. The van der Waals surface area contributed by atoms with Crippen LogP contribution in [0.2, 0.25) is 5.02 Å². The fourth-order valence-electron chi connectivity index (χ4n) is 3.45. The summed E-state index contributed by atoms with van der Waals surface area (Å²) in [5.41, 5.74) is 2.11. The van der Waals surface area contributed by atoms with E-state index < -0.39 is 5.97 Å². The molecule has 0 amide bonds. The third kappa shape index (κ3) is 5.82. The molecule has 1 aromatic heterocycles. The maximum absolute atomic E-state index is 11.9. The minimum absolute atomic E-state index is 0.00212. The quantitative estimate of drug-likeness (QED) is 0.203. The van der Waals surface area contributed by atoms with Gasteiger partial charge in [0, 0.05) is 5.02 Å². The van der Waals surface area contributed by atoms with E-state index in [-0.39, 0.29) is 22.8 Å². The van der Waals surface area contributed by atoms with Crippen LogP contribution in [0, 0.1) is 0 Å². The molecular weight excluding hydrogens is 520 g/mol. The van der Waals surface area contributed by atoms with E-state index in [1.54, 1.807) is 42.5 Å². The number of aliphatic carboxylic acids is 1. The number of methoxy groups -OCH3 is 1. The highest BCUT2D eigenvalue weighted by Crippen LogP contribution is 2.35. The second-order valence-electron chi connectivity index (χ2n) is 7.68. The number of carbonyl (C=O) groups is 1. The van der Waals surface area contributed by atoms with E-state index in [2.05, 4.69) is 10.2 Å². The average Bonchev–Trinajstić information content (AvgIpc) is 3.57. The third-order valence-corrected chi connectivity index (χ3v) is 6.31. The molecule has 188 valence electrons. The summed E-state index contributed by atoms with van der Waals surface area (Å²) in [4.78, 5) is 11.9. The molecule has 0 aliphatic carbocycles. The lowest BCUT2D eigenvalue weighted by molar-refractivity contribution is -0.131. The Labute approximate surface area is 220 Å². The minimum atomic E-state index is -1.13. The average molecular weight is 539 g/mol. The van der Waals surface area contributed by atoms with Gasteiger partial charge in [0.2, 0.25) is 6.79 Å². The Bertz CT molecular complexity index is 1470. The normalized spacial score (nSPS) is 12.4. The molecule has 1 aliphatic rings. The maximum Gasteiger partial charge on any atom is 0.342 e. The van der Waals surface area contributed by atoms with Gasteiger partial charge >= 0.3 is 5.97 Å². The van der Waals surface area contributed by atoms with E-state index in [0.717, 1.165) is 17.3 Å². The number of benzene rings is 3. The summed E-state index contributed by atoms with van der Waals surface area (Å²) >= 11 is 6.91. The van der Waals surface area contributed by atoms with Crippen LogP contribution in [-0.4, -0.2) is 35.2 Å². The van der Waals surface area contributed by atoms with E-state index in [1.807, 2.05) is 18.2 Å². The second kappa shape index (κ2) is 10.9. The Morgan fingerprint density at radius 2 is 1.89 bits per heavy atom. The molecule has 0 unspecified atom stereocenters. The van der Waals surface area contributed by atoms with E-state index in [1.165, 1.54) is 13.2 Å². The van der Waals surface area contributed by atoms with Crippen LogP contribution < -0.4 is 18.9 Å². The molecule has 0 saturated carbocycles. The molecule has 0 bridgehead atoms. The number of nitrogens with zero attached hydrogens (tertiary/aromatic N) is 2. The van der Waals surface area contributed by atoms with Crippen LogP contribution >= 0.6 is 23.4 Å². The molecule has 37 heavy (non-hydrogen) atoms. The standard InChI is InChI=1S/C26H19ClN2O7S/c1-32-20-9-5-17(27)12-19(20)24-28-29-26(36-24)37-23(25(30)31)11-15-2-6-18(7-3-15)33-13-16-4-8-21-22(10-16)35-14-34-21/h2-12H,13-14H2,1H3,(H,30,31)/b23-11-. The number of rotatable bonds is 9. The largest absolute Gasteiger partial charge is 0.496 e. The minimum Gasteiger partial charge on any atom is -0.496 e. The molecule has 0 atom stereocenters. The molecule has 3 aromatic carbocycles. The SMILES string of the molecule is COc1ccc(Cl)cc1-c1nnc(S/C(=C\c2ccc(OCc3ccc4c(c3)OCO4)cc2)C(=O)O)o1. The third-order valence-electron chi connectivity index (χ3n) is 5.23. The van der Waals surface area contributed by atoms with Crippen LogP contribution in [0.15, 0.2) is 75.2 Å². The number of hydrogen-bond donors (Lipinski definition) is 1. The highest BCUT2D eigenvalue weighted by atomic mass is 35.5. The van der Waals surface area contributed by atoms with Crippen molar-refractivity contribution in [1.82, 2.24) is 10.2 Å². The number of halogens is 1. The summed E-state index contributed by atoms with van der Waals surface area (Å²) in [5.74, 6) is 1.58. The number of thioether (sulfide) groups is 1. The van der Waals surface area contributed by atoms with Crippen molar-refractivity contribution >= 4 is 35.4 Å². The number of hydrogen-bond acceptors (Lipinski definition) is 9. The van der Waals surface area contributed by atoms with Crippen molar-refractivity contribution < 1.29 is 33.3 Å². The van der Waals surface area contributed by atoms with Gasteiger partial charge in [0.25, 0.3) is 11.1 Å². The number of carboxylic acids is 1. The van der Waals surface area contributed by atoms with Crippen LogP contribution in [0.5, 0.6) is 23.0 Å². The van der Waals surface area contributed by atoms with Crippen molar-refractivity contribution in [2.24, 2.45) is 0 Å². The van der Waals surface area contributed by atoms with Gasteiger partial charge in [-0.3, -0.25) is 0 Å². The van der Waals surface area contributed by atoms with E-state index >= 15 is 0 Å². The first-order valence-electron chi connectivity index (χ1n) is 10.9. The first-order valence-corrected chi connectivity index (χ1v) is 12.1. The zero-order chi connectivity index (χ0) is 25.8. The summed E-state index contributed by atoms with van der Waals surface area (Å²) in [6, 6.07) is 17.7. The van der Waals surface area contributed by atoms with Gasteiger partial charge in [-0.25, -0.2) is 4.79 Å². The van der Waals surface area contributed by atoms with Gasteiger partial charge in [-0.15, -0.1) is 10.2 Å². The summed E-state index contributed by atoms with van der Waals surface area (Å²) in [5, 5.41) is 18.2. The fourth-order valence-corrected chi connectivity index (χ4v) is 4.29. The molecule has 0 fully saturated rings. The lowest BCUT2D eigenvalue weighted by atomic mass is 10.2. The van der Waals surface area contributed by atoms with Crippen molar-refractivity contribution in [3.05, 3.63) is 81.7 Å². The number of aromatic nitrogens is 2. The zero-order valence-corrected chi connectivity index (χ0v) is 20.9. The van der Waals surface area contributed by atoms with Gasteiger partial charge in [0.15, 0.2) is 11.5 Å². The Kier molecular flexibility index (Phi) is 7.20. The zero-order valence-electron chi connectivity index (χ0n) is 19.3. The number of fused-ring (bicyclic) bond motifs is 1. The van der Waals surface area contributed by atoms with Crippen LogP contribution in [0.4, 0.5) is 0 Å². The van der Waals surface area contributed by atoms with Gasteiger partial charge in [-0.2, -0.15) is 0 Å². The van der Waals surface area contributed by atoms with E-state index in [9.17, 15) is 9.90 Å². The van der Waals surface area contributed by atoms with Gasteiger partial charge < -0.3 is 28.5 Å². The van der Waals surface area contributed by atoms with Crippen molar-refractivity contribution in [3.63, 3.8) is 0 Å². The van der Waals surface area contributed by atoms with Crippen molar-refractivity contribution in [3.8, 4) is 34.5 Å². The van der Waals surface area contributed by atoms with Gasteiger partial charge in [0.05, 0.1) is 12.7 Å². The molecule has 1 aliphatic heterocycles. The van der Waals surface area contributed by atoms with Crippen molar-refractivity contribution in [1.29, 1.82) is 0 Å². The fraction of sp³-hybridized carbons (Fsp3) is 0.115. The van der Waals surface area contributed by atoms with Gasteiger partial charge in [-0.05, 0) is 71.4 Å². The highest BCUT2D eigenvalue weighted by molar-refractivity contribution is 8.03. The predicted octanol–water partition coefficient (Wildman–Crippen LogP) is 5.92. The smallest absolute Gasteiger partial charge is 0.342 e. The number of carboxylic acid groups (broad SMARTS) is 1. The lowest BCUT2D eigenvalue weighted by Crippen LogP contribution is -1.97. The molecule has 0 saturated heterocycles. The van der Waals surface area contributed by atoms with Gasteiger partial charge in [-0.1, -0.05) is 29.8 Å². The van der Waals surface area contributed by atoms with E-state index in [0.29, 0.717) is 45.8 Å². The molecular formula is C26H19ClN2O7S. The topological polar surface area (TPSA) is 113 Å². The van der Waals surface area contributed by atoms with Crippen LogP contribution in [-0.2, 0) is 11.4 Å². The highest BCUT2D eigenvalue weighted by Gasteiger charge is 2.18. The molecule has 2 heterocycles. The first-order chi connectivity index (χ1) is 18.0. The molecule has 0 spiro atoms. The summed E-state index contributed by atoms with van der Waals surface area (Å²) in [6.07, 6.45) is 1.51. The van der Waals surface area contributed by atoms with Crippen LogP contribution in [0.25, 0.3) is 17.5 Å². The Morgan fingerprint density at radius 1 is 1.08 bits per heavy atom. The monoisotopic (exact) mass is 538 g/mol. The van der Waals surface area contributed by atoms with E-state index in [4.69, 9.17) is 35.0 Å². The molecule has 1 N–H and O–H groups in total. The second-order valence-corrected chi connectivity index (χ2v) is 9.11. The van der Waals surface area contributed by atoms with Crippen molar-refractivity contribution in [2.45, 2.75) is 11.8 Å². The maximum atomic E-state index is 11.9. The first kappa shape index (κ1) is 24.5. The molecule has 4 aromatic rings. The summed E-state index contributed by atoms with van der Waals surface area (Å²) in [7, 11) is 1.51. The summed E-state index contributed by atoms with van der Waals surface area (Å²) in [6.45, 7) is 0.564. The number of ether oxygens (including phenoxy) is 4. The van der Waals surface area contributed by atoms with Gasteiger partial charge in [0.1, 0.15) is 23.0 Å². The molecule has 0 radical (unpaired) electrons. The summed E-state index contributed by atoms with van der Waals surface area (Å²) < 4.78 is 27.5. The Hall–Kier alpha value is -4.15. The lowest BCUT2D eigenvalue weighted by Gasteiger charge is -2.07. The Balaban J connectivity index is 1.26. The molecule has 5 rings (SSSR count). The predicted molar refractivity (Wildman–Crippen MR) is 136 cm³/mol.